The maximum absolute atomic E-state index is 12.9. The lowest BCUT2D eigenvalue weighted by molar-refractivity contribution is -0.113. The fraction of sp³-hybridized carbons (Fsp3) is 0.353. The van der Waals surface area contributed by atoms with E-state index in [4.69, 9.17) is 21.8 Å². The Bertz CT molecular complexity index is 814. The minimum Gasteiger partial charge on any atom is -0.467 e. The third-order valence-corrected chi connectivity index (χ3v) is 5.42. The fourth-order valence-electron chi connectivity index (χ4n) is 3.75. The molecular weight excluding hydrogens is 330 g/mol. The van der Waals surface area contributed by atoms with Crippen LogP contribution in [0.4, 0.5) is 0 Å². The van der Waals surface area contributed by atoms with Crippen LogP contribution in [0.1, 0.15) is 51.9 Å². The van der Waals surface area contributed by atoms with Crippen LogP contribution in [-0.4, -0.2) is 28.2 Å². The molecule has 2 aliphatic rings. The number of nitrogens with zero attached hydrogens (tertiary/aromatic N) is 2. The smallest absolute Gasteiger partial charge is 0.274 e. The zero-order valence-electron chi connectivity index (χ0n) is 12.9. The predicted octanol–water partition coefficient (Wildman–Crippen LogP) is 2.79. The van der Waals surface area contributed by atoms with Crippen LogP contribution in [0.25, 0.3) is 0 Å². The van der Waals surface area contributed by atoms with Gasteiger partial charge in [-0.3, -0.25) is 9.59 Å². The van der Waals surface area contributed by atoms with Crippen molar-refractivity contribution in [1.29, 1.82) is 0 Å². The van der Waals surface area contributed by atoms with Crippen LogP contribution in [-0.2, 0) is 0 Å². The van der Waals surface area contributed by atoms with Gasteiger partial charge in [-0.05, 0) is 31.0 Å². The van der Waals surface area contributed by atoms with E-state index in [1.54, 1.807) is 11.2 Å². The van der Waals surface area contributed by atoms with Crippen LogP contribution >= 0.6 is 11.6 Å². The first kappa shape index (κ1) is 15.2. The number of hydrogen-bond acceptors (Lipinski definition) is 4. The number of furan rings is 1. The highest BCUT2D eigenvalue weighted by Crippen LogP contribution is 2.60. The van der Waals surface area contributed by atoms with Crippen molar-refractivity contribution in [2.45, 2.75) is 25.3 Å². The van der Waals surface area contributed by atoms with Crippen LogP contribution in [0.5, 0.6) is 0 Å². The Labute approximate surface area is 143 Å². The van der Waals surface area contributed by atoms with E-state index in [0.29, 0.717) is 6.54 Å². The number of carbonyl (C=O) groups excluding carboxylic acids is 2. The monoisotopic (exact) mass is 345 g/mol. The molecule has 1 spiro atoms. The summed E-state index contributed by atoms with van der Waals surface area (Å²) in [5, 5.41) is 0.129. The van der Waals surface area contributed by atoms with E-state index in [9.17, 15) is 9.59 Å². The Kier molecular flexibility index (Phi) is 3.38. The Morgan fingerprint density at radius 2 is 2.21 bits per heavy atom. The molecule has 1 saturated heterocycles. The number of halogens is 1. The van der Waals surface area contributed by atoms with Crippen molar-refractivity contribution < 1.29 is 14.0 Å². The second kappa shape index (κ2) is 5.34. The van der Waals surface area contributed by atoms with Gasteiger partial charge in [0.15, 0.2) is 0 Å². The van der Waals surface area contributed by atoms with E-state index in [-0.39, 0.29) is 33.6 Å². The Morgan fingerprint density at radius 1 is 1.42 bits per heavy atom. The molecule has 124 valence electrons. The number of rotatable bonds is 3. The molecule has 2 amide bonds. The number of primary amides is 1. The fourth-order valence-corrected chi connectivity index (χ4v) is 4.00. The number of amides is 2. The van der Waals surface area contributed by atoms with Gasteiger partial charge in [0.2, 0.25) is 5.91 Å². The summed E-state index contributed by atoms with van der Waals surface area (Å²) in [6, 6.07) is 5.03. The van der Waals surface area contributed by atoms with E-state index in [2.05, 4.69) is 4.98 Å². The van der Waals surface area contributed by atoms with E-state index in [1.165, 1.54) is 18.7 Å². The highest BCUT2D eigenvalue weighted by atomic mass is 35.5. The largest absolute Gasteiger partial charge is 0.467 e. The zero-order valence-corrected chi connectivity index (χ0v) is 13.6. The molecule has 1 unspecified atom stereocenters. The highest BCUT2D eigenvalue weighted by Gasteiger charge is 2.59. The second-order valence-electron chi connectivity index (χ2n) is 6.49. The van der Waals surface area contributed by atoms with Crippen LogP contribution in [0.2, 0.25) is 5.02 Å². The summed E-state index contributed by atoms with van der Waals surface area (Å²) >= 11 is 6.14. The summed E-state index contributed by atoms with van der Waals surface area (Å²) in [4.78, 5) is 29.9. The molecule has 2 aromatic heterocycles. The standard InChI is InChI=1S/C17H16ClN3O3/c18-11-7-10(15(19)22)8-20-13(11)16(23)21-9-17(4-2-5-17)14(21)12-3-1-6-24-12/h1,3,6-8,14H,2,4-5,9H2,(H2,19,22). The number of nitrogens with two attached hydrogens (primary N) is 1. The minimum absolute atomic E-state index is 0.0811. The minimum atomic E-state index is -0.630. The van der Waals surface area contributed by atoms with Crippen molar-refractivity contribution in [3.8, 4) is 0 Å². The normalized spacial score (nSPS) is 21.2. The zero-order chi connectivity index (χ0) is 16.9. The van der Waals surface area contributed by atoms with Gasteiger partial charge >= 0.3 is 0 Å². The molecule has 7 heteroatoms. The van der Waals surface area contributed by atoms with Crippen molar-refractivity contribution in [2.75, 3.05) is 6.54 Å². The highest BCUT2D eigenvalue weighted by molar-refractivity contribution is 6.33. The molecule has 2 aromatic rings. The van der Waals surface area contributed by atoms with E-state index < -0.39 is 5.91 Å². The van der Waals surface area contributed by atoms with Gasteiger partial charge in [-0.2, -0.15) is 0 Å². The lowest BCUT2D eigenvalue weighted by Gasteiger charge is -2.61. The number of carbonyl (C=O) groups is 2. The summed E-state index contributed by atoms with van der Waals surface area (Å²) in [5.74, 6) is -0.0941. The van der Waals surface area contributed by atoms with Gasteiger partial charge in [0.1, 0.15) is 11.5 Å². The van der Waals surface area contributed by atoms with Gasteiger partial charge in [0.05, 0.1) is 22.9 Å². The summed E-state index contributed by atoms with van der Waals surface area (Å²) < 4.78 is 5.56. The summed E-state index contributed by atoms with van der Waals surface area (Å²) in [7, 11) is 0. The molecule has 0 bridgehead atoms. The number of pyridine rings is 1. The lowest BCUT2D eigenvalue weighted by Crippen LogP contribution is -2.63. The summed E-state index contributed by atoms with van der Waals surface area (Å²) in [5.41, 5.74) is 5.64. The number of likely N-dealkylation sites (tertiary alicyclic amines) is 1. The quantitative estimate of drug-likeness (QED) is 0.926. The van der Waals surface area contributed by atoms with E-state index in [1.807, 2.05) is 12.1 Å². The van der Waals surface area contributed by atoms with Crippen molar-refractivity contribution in [2.24, 2.45) is 11.1 Å². The Balaban J connectivity index is 1.64. The van der Waals surface area contributed by atoms with Gasteiger partial charge in [0, 0.05) is 18.2 Å². The predicted molar refractivity (Wildman–Crippen MR) is 86.5 cm³/mol. The molecular formula is C17H16ClN3O3. The molecule has 1 aliphatic carbocycles. The summed E-state index contributed by atoms with van der Waals surface area (Å²) in [6.07, 6.45) is 6.25. The summed E-state index contributed by atoms with van der Waals surface area (Å²) in [6.45, 7) is 0.673. The second-order valence-corrected chi connectivity index (χ2v) is 6.89. The average Bonchev–Trinajstić information content (AvgIpc) is 2.97. The van der Waals surface area contributed by atoms with Crippen molar-refractivity contribution in [3.05, 3.63) is 52.7 Å². The molecule has 0 radical (unpaired) electrons. The SMILES string of the molecule is NC(=O)c1cnc(C(=O)N2CC3(CCC3)C2c2ccco2)c(Cl)c1. The number of hydrogen-bond donors (Lipinski definition) is 1. The lowest BCUT2D eigenvalue weighted by atomic mass is 9.57. The molecule has 6 nitrogen and oxygen atoms in total. The average molecular weight is 346 g/mol. The number of aromatic nitrogens is 1. The van der Waals surface area contributed by atoms with Crippen molar-refractivity contribution >= 4 is 23.4 Å². The Hall–Kier alpha value is -2.34. The third kappa shape index (κ3) is 2.13. The molecule has 1 atom stereocenters. The van der Waals surface area contributed by atoms with Crippen LogP contribution < -0.4 is 5.73 Å². The first-order chi connectivity index (χ1) is 11.5. The Morgan fingerprint density at radius 3 is 2.75 bits per heavy atom. The third-order valence-electron chi connectivity index (χ3n) is 5.13. The molecule has 2 fully saturated rings. The first-order valence-corrected chi connectivity index (χ1v) is 8.19. The maximum Gasteiger partial charge on any atom is 0.274 e. The van der Waals surface area contributed by atoms with Gasteiger partial charge < -0.3 is 15.1 Å². The van der Waals surface area contributed by atoms with E-state index in [0.717, 1.165) is 18.6 Å². The van der Waals surface area contributed by atoms with Gasteiger partial charge in [0.25, 0.3) is 5.91 Å². The van der Waals surface area contributed by atoms with Crippen molar-refractivity contribution in [3.63, 3.8) is 0 Å². The van der Waals surface area contributed by atoms with Gasteiger partial charge in [-0.15, -0.1) is 0 Å². The van der Waals surface area contributed by atoms with Crippen molar-refractivity contribution in [1.82, 2.24) is 9.88 Å². The molecule has 4 rings (SSSR count). The molecule has 0 aromatic carbocycles. The molecule has 24 heavy (non-hydrogen) atoms. The van der Waals surface area contributed by atoms with Crippen LogP contribution in [0, 0.1) is 5.41 Å². The maximum atomic E-state index is 12.9. The molecule has 1 saturated carbocycles. The van der Waals surface area contributed by atoms with Crippen LogP contribution in [0.15, 0.2) is 35.1 Å². The van der Waals surface area contributed by atoms with Gasteiger partial charge in [-0.1, -0.05) is 18.0 Å². The topological polar surface area (TPSA) is 89.4 Å². The molecule has 1 aliphatic heterocycles. The molecule has 3 heterocycles. The van der Waals surface area contributed by atoms with Crippen LogP contribution in [0.3, 0.4) is 0 Å². The molecule has 2 N–H and O–H groups in total. The van der Waals surface area contributed by atoms with Gasteiger partial charge in [-0.25, -0.2) is 4.98 Å². The van der Waals surface area contributed by atoms with E-state index >= 15 is 0 Å². The first-order valence-electron chi connectivity index (χ1n) is 7.81.